The van der Waals surface area contributed by atoms with E-state index in [0.29, 0.717) is 18.6 Å². The van der Waals surface area contributed by atoms with Crippen molar-refractivity contribution in [2.45, 2.75) is 32.2 Å². The maximum Gasteiger partial charge on any atom is 0.329 e. The first-order valence-corrected chi connectivity index (χ1v) is 6.30. The minimum absolute atomic E-state index is 0.321. The largest absolute Gasteiger partial charge is 0.484 e. The fourth-order valence-corrected chi connectivity index (χ4v) is 1.75. The molecule has 0 saturated carbocycles. The molecule has 0 aromatic heterocycles. The standard InChI is InChI=1S/C14H18FNO4/c1-3-8-14(2,13(18)19)16-12(17)9-20-11-6-4-10(15)5-7-11/h4-7H,3,8-9H2,1-2H3,(H,16,17)(H,18,19). The predicted molar refractivity (Wildman–Crippen MR) is 71.0 cm³/mol. The third kappa shape index (κ3) is 4.53. The molecule has 0 bridgehead atoms. The molecular formula is C14H18FNO4. The molecule has 0 heterocycles. The van der Waals surface area contributed by atoms with Crippen molar-refractivity contribution in [1.82, 2.24) is 5.32 Å². The van der Waals surface area contributed by atoms with Gasteiger partial charge in [-0.1, -0.05) is 13.3 Å². The van der Waals surface area contributed by atoms with E-state index in [-0.39, 0.29) is 6.61 Å². The molecule has 0 fully saturated rings. The lowest BCUT2D eigenvalue weighted by Gasteiger charge is -2.25. The highest BCUT2D eigenvalue weighted by molar-refractivity contribution is 5.87. The summed E-state index contributed by atoms with van der Waals surface area (Å²) in [5, 5.41) is 11.6. The highest BCUT2D eigenvalue weighted by atomic mass is 19.1. The zero-order valence-electron chi connectivity index (χ0n) is 11.5. The van der Waals surface area contributed by atoms with Crippen LogP contribution in [0, 0.1) is 5.82 Å². The number of aliphatic carboxylic acids is 1. The number of hydrogen-bond acceptors (Lipinski definition) is 3. The lowest BCUT2D eigenvalue weighted by molar-refractivity contribution is -0.147. The van der Waals surface area contributed by atoms with E-state index >= 15 is 0 Å². The first kappa shape index (κ1) is 15.9. The molecule has 0 aliphatic rings. The van der Waals surface area contributed by atoms with Crippen molar-refractivity contribution in [1.29, 1.82) is 0 Å². The number of halogens is 1. The molecule has 5 nitrogen and oxygen atoms in total. The summed E-state index contributed by atoms with van der Waals surface area (Å²) in [6, 6.07) is 5.22. The van der Waals surface area contributed by atoms with Crippen molar-refractivity contribution in [3.63, 3.8) is 0 Å². The summed E-state index contributed by atoms with van der Waals surface area (Å²) in [6.45, 7) is 2.97. The molecule has 0 aliphatic heterocycles. The number of nitrogens with one attached hydrogen (secondary N) is 1. The Bertz CT molecular complexity index is 475. The second kappa shape index (κ2) is 6.88. The first-order chi connectivity index (χ1) is 9.37. The van der Waals surface area contributed by atoms with Crippen molar-refractivity contribution >= 4 is 11.9 Å². The quantitative estimate of drug-likeness (QED) is 0.802. The average molecular weight is 283 g/mol. The zero-order chi connectivity index (χ0) is 15.2. The smallest absolute Gasteiger partial charge is 0.329 e. The van der Waals surface area contributed by atoms with Gasteiger partial charge in [0.15, 0.2) is 6.61 Å². The van der Waals surface area contributed by atoms with Gasteiger partial charge in [-0.25, -0.2) is 9.18 Å². The van der Waals surface area contributed by atoms with E-state index in [2.05, 4.69) is 5.32 Å². The van der Waals surface area contributed by atoms with Crippen molar-refractivity contribution in [2.24, 2.45) is 0 Å². The van der Waals surface area contributed by atoms with Crippen LogP contribution < -0.4 is 10.1 Å². The van der Waals surface area contributed by atoms with Gasteiger partial charge in [-0.05, 0) is 37.6 Å². The molecule has 1 atom stereocenters. The fourth-order valence-electron chi connectivity index (χ4n) is 1.75. The molecule has 1 aromatic carbocycles. The van der Waals surface area contributed by atoms with Gasteiger partial charge in [0.1, 0.15) is 17.1 Å². The average Bonchev–Trinajstić information content (AvgIpc) is 2.38. The van der Waals surface area contributed by atoms with Gasteiger partial charge in [0.25, 0.3) is 5.91 Å². The zero-order valence-corrected chi connectivity index (χ0v) is 11.5. The second-order valence-electron chi connectivity index (χ2n) is 4.68. The summed E-state index contributed by atoms with van der Waals surface area (Å²) in [4.78, 5) is 22.9. The van der Waals surface area contributed by atoms with Crippen LogP contribution in [-0.4, -0.2) is 29.1 Å². The van der Waals surface area contributed by atoms with Crippen LogP contribution in [0.3, 0.4) is 0 Å². The normalized spacial score (nSPS) is 13.3. The van der Waals surface area contributed by atoms with Gasteiger partial charge in [0.05, 0.1) is 0 Å². The summed E-state index contributed by atoms with van der Waals surface area (Å²) < 4.78 is 17.8. The fraction of sp³-hybridized carbons (Fsp3) is 0.429. The van der Waals surface area contributed by atoms with E-state index in [1.807, 2.05) is 6.92 Å². The minimum atomic E-state index is -1.31. The van der Waals surface area contributed by atoms with Gasteiger partial charge >= 0.3 is 5.97 Å². The van der Waals surface area contributed by atoms with E-state index < -0.39 is 23.2 Å². The van der Waals surface area contributed by atoms with Crippen LogP contribution >= 0.6 is 0 Å². The lowest BCUT2D eigenvalue weighted by Crippen LogP contribution is -2.53. The molecule has 0 radical (unpaired) electrons. The SMILES string of the molecule is CCCC(C)(NC(=O)COc1ccc(F)cc1)C(=O)O. The van der Waals surface area contributed by atoms with Gasteiger partial charge in [-0.3, -0.25) is 4.79 Å². The Morgan fingerprint density at radius 2 is 1.95 bits per heavy atom. The third-order valence-electron chi connectivity index (χ3n) is 2.82. The van der Waals surface area contributed by atoms with Crippen molar-refractivity contribution < 1.29 is 23.8 Å². The van der Waals surface area contributed by atoms with Gasteiger partial charge < -0.3 is 15.2 Å². The molecular weight excluding hydrogens is 265 g/mol. The van der Waals surface area contributed by atoms with E-state index in [1.165, 1.54) is 31.2 Å². The van der Waals surface area contributed by atoms with Crippen molar-refractivity contribution in [3.05, 3.63) is 30.1 Å². The highest BCUT2D eigenvalue weighted by Crippen LogP contribution is 2.13. The molecule has 1 unspecified atom stereocenters. The summed E-state index contributed by atoms with van der Waals surface area (Å²) in [5.41, 5.74) is -1.31. The summed E-state index contributed by atoms with van der Waals surface area (Å²) in [6.07, 6.45) is 0.951. The highest BCUT2D eigenvalue weighted by Gasteiger charge is 2.33. The van der Waals surface area contributed by atoms with Crippen LogP contribution in [0.2, 0.25) is 0 Å². The number of rotatable bonds is 7. The van der Waals surface area contributed by atoms with Crippen LogP contribution in [0.25, 0.3) is 0 Å². The number of hydrogen-bond donors (Lipinski definition) is 2. The Morgan fingerprint density at radius 3 is 2.45 bits per heavy atom. The Balaban J connectivity index is 2.54. The number of carboxylic acids is 1. The Kier molecular flexibility index (Phi) is 5.49. The van der Waals surface area contributed by atoms with Gasteiger partial charge in [-0.2, -0.15) is 0 Å². The number of amides is 1. The third-order valence-corrected chi connectivity index (χ3v) is 2.82. The monoisotopic (exact) mass is 283 g/mol. The molecule has 0 spiro atoms. The van der Waals surface area contributed by atoms with E-state index in [9.17, 15) is 14.0 Å². The summed E-state index contributed by atoms with van der Waals surface area (Å²) >= 11 is 0. The Labute approximate surface area is 116 Å². The van der Waals surface area contributed by atoms with E-state index in [4.69, 9.17) is 9.84 Å². The van der Waals surface area contributed by atoms with Gasteiger partial charge in [-0.15, -0.1) is 0 Å². The van der Waals surface area contributed by atoms with Crippen molar-refractivity contribution in [2.75, 3.05) is 6.61 Å². The number of carboxylic acid groups (broad SMARTS) is 1. The number of benzene rings is 1. The summed E-state index contributed by atoms with van der Waals surface area (Å²) in [7, 11) is 0. The predicted octanol–water partition coefficient (Wildman–Crippen LogP) is 1.96. The van der Waals surface area contributed by atoms with Crippen LogP contribution in [0.5, 0.6) is 5.75 Å². The molecule has 1 rings (SSSR count). The number of carbonyl (C=O) groups is 2. The number of ether oxygens (including phenoxy) is 1. The molecule has 110 valence electrons. The van der Waals surface area contributed by atoms with Gasteiger partial charge in [0, 0.05) is 0 Å². The molecule has 1 aromatic rings. The Hall–Kier alpha value is -2.11. The van der Waals surface area contributed by atoms with Crippen LogP contribution in [0.1, 0.15) is 26.7 Å². The van der Waals surface area contributed by atoms with E-state index in [0.717, 1.165) is 0 Å². The van der Waals surface area contributed by atoms with E-state index in [1.54, 1.807) is 0 Å². The van der Waals surface area contributed by atoms with Crippen molar-refractivity contribution in [3.8, 4) is 5.75 Å². The first-order valence-electron chi connectivity index (χ1n) is 6.30. The maximum absolute atomic E-state index is 12.7. The Morgan fingerprint density at radius 1 is 1.35 bits per heavy atom. The lowest BCUT2D eigenvalue weighted by atomic mass is 9.96. The van der Waals surface area contributed by atoms with Gasteiger partial charge in [0.2, 0.25) is 0 Å². The molecule has 0 aliphatic carbocycles. The van der Waals surface area contributed by atoms with Crippen LogP contribution in [-0.2, 0) is 9.59 Å². The summed E-state index contributed by atoms with van der Waals surface area (Å²) in [5.74, 6) is -1.68. The second-order valence-corrected chi connectivity index (χ2v) is 4.68. The topological polar surface area (TPSA) is 75.6 Å². The van der Waals surface area contributed by atoms with Crippen LogP contribution in [0.15, 0.2) is 24.3 Å². The molecule has 1 amide bonds. The minimum Gasteiger partial charge on any atom is -0.484 e. The molecule has 6 heteroatoms. The molecule has 0 saturated heterocycles. The maximum atomic E-state index is 12.7. The van der Waals surface area contributed by atoms with Crippen LogP contribution in [0.4, 0.5) is 4.39 Å². The molecule has 20 heavy (non-hydrogen) atoms. The number of carbonyl (C=O) groups excluding carboxylic acids is 1. The molecule has 2 N–H and O–H groups in total.